The molecule has 0 aliphatic carbocycles. The van der Waals surface area contributed by atoms with Gasteiger partial charge in [-0.3, -0.25) is 0 Å². The fraction of sp³-hybridized carbons (Fsp3) is 0.765. The first kappa shape index (κ1) is 18.3. The van der Waals surface area contributed by atoms with E-state index in [4.69, 9.17) is 0 Å². The van der Waals surface area contributed by atoms with Crippen LogP contribution in [0.3, 0.4) is 0 Å². The summed E-state index contributed by atoms with van der Waals surface area (Å²) in [5.74, 6) is 2.71. The van der Waals surface area contributed by atoms with E-state index in [2.05, 4.69) is 62.7 Å². The Morgan fingerprint density at radius 1 is 1.08 bits per heavy atom. The second-order valence-corrected chi connectivity index (χ2v) is 7.99. The summed E-state index contributed by atoms with van der Waals surface area (Å²) in [7, 11) is 4.14. The number of aromatic nitrogens is 5. The minimum absolute atomic E-state index is 0.489. The maximum atomic E-state index is 4.53. The molecular formula is C17H29N7S. The van der Waals surface area contributed by atoms with Gasteiger partial charge in [0, 0.05) is 32.0 Å². The quantitative estimate of drug-likeness (QED) is 0.753. The lowest BCUT2D eigenvalue weighted by molar-refractivity contribution is 0.377. The number of hydrogen-bond acceptors (Lipinski definition) is 7. The summed E-state index contributed by atoms with van der Waals surface area (Å²) in [5, 5.41) is 19.9. The Labute approximate surface area is 154 Å². The molecule has 2 aromatic heterocycles. The molecule has 0 radical (unpaired) electrons. The Kier molecular flexibility index (Phi) is 6.01. The molecule has 0 bridgehead atoms. The fourth-order valence-corrected chi connectivity index (χ4v) is 4.40. The number of nitrogens with zero attached hydrogens (tertiary/aromatic N) is 7. The number of anilines is 1. The fourth-order valence-electron chi connectivity index (χ4n) is 3.41. The summed E-state index contributed by atoms with van der Waals surface area (Å²) >= 11 is 1.74. The molecule has 0 N–H and O–H groups in total. The lowest BCUT2D eigenvalue weighted by atomic mass is 9.96. The summed E-state index contributed by atoms with van der Waals surface area (Å²) < 4.78 is 2.30. The van der Waals surface area contributed by atoms with Crippen molar-refractivity contribution >= 4 is 16.5 Å². The topological polar surface area (TPSA) is 63.0 Å². The molecule has 3 rings (SSSR count). The van der Waals surface area contributed by atoms with Gasteiger partial charge < -0.3 is 14.4 Å². The molecule has 1 saturated heterocycles. The standard InChI is InChI=1S/C17H29N7S/c1-5-7-15-19-21-17(25-15)23-10-8-13(9-11-23)16-20-18-14(12-22(3)4)24(16)6-2/h13H,5-12H2,1-4H3. The van der Waals surface area contributed by atoms with Crippen molar-refractivity contribution in [2.75, 3.05) is 32.1 Å². The van der Waals surface area contributed by atoms with Crippen LogP contribution < -0.4 is 4.90 Å². The average molecular weight is 364 g/mol. The Morgan fingerprint density at radius 2 is 1.84 bits per heavy atom. The monoisotopic (exact) mass is 363 g/mol. The molecule has 3 heterocycles. The van der Waals surface area contributed by atoms with Crippen molar-refractivity contribution in [1.82, 2.24) is 29.9 Å². The van der Waals surface area contributed by atoms with E-state index in [9.17, 15) is 0 Å². The van der Waals surface area contributed by atoms with Gasteiger partial charge in [0.1, 0.15) is 16.7 Å². The van der Waals surface area contributed by atoms with E-state index in [1.165, 1.54) is 0 Å². The van der Waals surface area contributed by atoms with Crippen LogP contribution in [-0.2, 0) is 19.5 Å². The summed E-state index contributed by atoms with van der Waals surface area (Å²) in [6.45, 7) is 8.17. The molecule has 1 fully saturated rings. The van der Waals surface area contributed by atoms with Gasteiger partial charge in [-0.15, -0.1) is 20.4 Å². The number of aryl methyl sites for hydroxylation is 1. The van der Waals surface area contributed by atoms with Crippen molar-refractivity contribution in [2.45, 2.75) is 58.5 Å². The third-order valence-electron chi connectivity index (χ3n) is 4.68. The Balaban J connectivity index is 1.64. The van der Waals surface area contributed by atoms with E-state index in [0.717, 1.165) is 73.7 Å². The number of hydrogen-bond donors (Lipinski definition) is 0. The van der Waals surface area contributed by atoms with Crippen LogP contribution in [-0.4, -0.2) is 57.0 Å². The zero-order valence-electron chi connectivity index (χ0n) is 15.8. The van der Waals surface area contributed by atoms with E-state index in [-0.39, 0.29) is 0 Å². The highest BCUT2D eigenvalue weighted by molar-refractivity contribution is 7.15. The average Bonchev–Trinajstić information content (AvgIpc) is 3.22. The van der Waals surface area contributed by atoms with Crippen LogP contribution in [0.1, 0.15) is 55.7 Å². The lowest BCUT2D eigenvalue weighted by Crippen LogP contribution is -2.33. The molecule has 25 heavy (non-hydrogen) atoms. The first-order valence-electron chi connectivity index (χ1n) is 9.26. The van der Waals surface area contributed by atoms with E-state index in [1.807, 2.05) is 0 Å². The van der Waals surface area contributed by atoms with Crippen molar-refractivity contribution in [3.8, 4) is 0 Å². The Hall–Kier alpha value is -1.54. The smallest absolute Gasteiger partial charge is 0.208 e. The third kappa shape index (κ3) is 4.17. The second kappa shape index (κ2) is 8.23. The maximum Gasteiger partial charge on any atom is 0.208 e. The number of piperidine rings is 1. The highest BCUT2D eigenvalue weighted by atomic mass is 32.1. The predicted molar refractivity (Wildman–Crippen MR) is 101 cm³/mol. The summed E-state index contributed by atoms with van der Waals surface area (Å²) in [5.41, 5.74) is 0. The molecule has 0 unspecified atom stereocenters. The molecule has 0 spiro atoms. The van der Waals surface area contributed by atoms with Gasteiger partial charge in [0.15, 0.2) is 0 Å². The lowest BCUT2D eigenvalue weighted by Gasteiger charge is -2.31. The van der Waals surface area contributed by atoms with Gasteiger partial charge in [0.05, 0.1) is 6.54 Å². The summed E-state index contributed by atoms with van der Waals surface area (Å²) in [6, 6.07) is 0. The van der Waals surface area contributed by atoms with E-state index in [0.29, 0.717) is 5.92 Å². The van der Waals surface area contributed by atoms with Crippen LogP contribution >= 0.6 is 11.3 Å². The Morgan fingerprint density at radius 3 is 2.48 bits per heavy atom. The largest absolute Gasteiger partial charge is 0.347 e. The van der Waals surface area contributed by atoms with Crippen LogP contribution in [0.5, 0.6) is 0 Å². The first-order valence-corrected chi connectivity index (χ1v) is 10.1. The van der Waals surface area contributed by atoms with Crippen LogP contribution in [0.25, 0.3) is 0 Å². The normalized spacial score (nSPS) is 16.1. The highest BCUT2D eigenvalue weighted by Crippen LogP contribution is 2.31. The molecule has 0 atom stereocenters. The minimum atomic E-state index is 0.489. The SMILES string of the molecule is CCCc1nnc(N2CCC(c3nnc(CN(C)C)n3CC)CC2)s1. The molecular weight excluding hydrogens is 334 g/mol. The van der Waals surface area contributed by atoms with Crippen molar-refractivity contribution in [1.29, 1.82) is 0 Å². The molecule has 0 aromatic carbocycles. The van der Waals surface area contributed by atoms with Gasteiger partial charge in [-0.2, -0.15) is 0 Å². The van der Waals surface area contributed by atoms with Gasteiger partial charge in [0.2, 0.25) is 5.13 Å². The third-order valence-corrected chi connectivity index (χ3v) is 5.72. The maximum absolute atomic E-state index is 4.53. The molecule has 7 nitrogen and oxygen atoms in total. The Bertz CT molecular complexity index is 670. The molecule has 0 saturated carbocycles. The minimum Gasteiger partial charge on any atom is -0.347 e. The first-order chi connectivity index (χ1) is 12.1. The second-order valence-electron chi connectivity index (χ2n) is 6.95. The van der Waals surface area contributed by atoms with Crippen LogP contribution in [0, 0.1) is 0 Å². The van der Waals surface area contributed by atoms with Crippen LogP contribution in [0.2, 0.25) is 0 Å². The molecule has 1 aliphatic heterocycles. The molecule has 8 heteroatoms. The molecule has 2 aromatic rings. The molecule has 138 valence electrons. The van der Waals surface area contributed by atoms with Gasteiger partial charge in [0.25, 0.3) is 0 Å². The van der Waals surface area contributed by atoms with Crippen LogP contribution in [0.15, 0.2) is 0 Å². The van der Waals surface area contributed by atoms with E-state index < -0.39 is 0 Å². The highest BCUT2D eigenvalue weighted by Gasteiger charge is 2.27. The van der Waals surface area contributed by atoms with Crippen molar-refractivity contribution in [2.24, 2.45) is 0 Å². The summed E-state index contributed by atoms with van der Waals surface area (Å²) in [6.07, 6.45) is 4.35. The van der Waals surface area contributed by atoms with Crippen molar-refractivity contribution in [3.05, 3.63) is 16.7 Å². The van der Waals surface area contributed by atoms with Crippen LogP contribution in [0.4, 0.5) is 5.13 Å². The predicted octanol–water partition coefficient (Wildman–Crippen LogP) is 2.55. The van der Waals surface area contributed by atoms with E-state index in [1.54, 1.807) is 11.3 Å². The van der Waals surface area contributed by atoms with Crippen molar-refractivity contribution < 1.29 is 0 Å². The molecule has 0 amide bonds. The van der Waals surface area contributed by atoms with Crippen molar-refractivity contribution in [3.63, 3.8) is 0 Å². The van der Waals surface area contributed by atoms with Gasteiger partial charge >= 0.3 is 0 Å². The van der Waals surface area contributed by atoms with Gasteiger partial charge in [-0.05, 0) is 40.3 Å². The van der Waals surface area contributed by atoms with Gasteiger partial charge in [-0.25, -0.2) is 0 Å². The number of rotatable bonds is 7. The van der Waals surface area contributed by atoms with Gasteiger partial charge in [-0.1, -0.05) is 18.3 Å². The molecule has 1 aliphatic rings. The zero-order chi connectivity index (χ0) is 17.8. The summed E-state index contributed by atoms with van der Waals surface area (Å²) in [4.78, 5) is 4.52. The zero-order valence-corrected chi connectivity index (χ0v) is 16.6. The van der Waals surface area contributed by atoms with E-state index >= 15 is 0 Å².